The van der Waals surface area contributed by atoms with Gasteiger partial charge in [0.25, 0.3) is 0 Å². The highest BCUT2D eigenvalue weighted by Gasteiger charge is 2.31. The van der Waals surface area contributed by atoms with E-state index in [2.05, 4.69) is 10.1 Å². The molecule has 0 saturated carbocycles. The summed E-state index contributed by atoms with van der Waals surface area (Å²) in [5.74, 6) is -0.291. The monoisotopic (exact) mass is 249 g/mol. The molecule has 0 aliphatic carbocycles. The molecule has 6 heteroatoms. The summed E-state index contributed by atoms with van der Waals surface area (Å²) in [6, 6.07) is 5.22. The van der Waals surface area contributed by atoms with Crippen molar-refractivity contribution >= 4 is 5.69 Å². The van der Waals surface area contributed by atoms with Crippen LogP contribution in [0.3, 0.4) is 0 Å². The summed E-state index contributed by atoms with van der Waals surface area (Å²) in [5.41, 5.74) is 0.458. The number of hydrogen-bond donors (Lipinski definition) is 2. The lowest BCUT2D eigenvalue weighted by molar-refractivity contribution is -0.274. The van der Waals surface area contributed by atoms with Crippen molar-refractivity contribution in [3.05, 3.63) is 24.3 Å². The largest absolute Gasteiger partial charge is 0.573 e. The molecule has 0 spiro atoms. The van der Waals surface area contributed by atoms with Crippen LogP contribution in [0.25, 0.3) is 0 Å². The molecule has 2 unspecified atom stereocenters. The molecule has 0 radical (unpaired) electrons. The Balaban J connectivity index is 2.72. The molecule has 2 N–H and O–H groups in total. The Morgan fingerprint density at radius 2 is 1.94 bits per heavy atom. The van der Waals surface area contributed by atoms with Gasteiger partial charge in [-0.05, 0) is 26.0 Å². The highest BCUT2D eigenvalue weighted by molar-refractivity contribution is 5.48. The van der Waals surface area contributed by atoms with Crippen LogP contribution in [0, 0.1) is 0 Å². The SMILES string of the molecule is CC(O)C(C)Nc1cccc(OC(F)(F)F)c1. The van der Waals surface area contributed by atoms with E-state index < -0.39 is 12.5 Å². The summed E-state index contributed by atoms with van der Waals surface area (Å²) in [6.45, 7) is 3.32. The number of ether oxygens (including phenoxy) is 1. The molecular weight excluding hydrogens is 235 g/mol. The molecule has 0 aliphatic heterocycles. The van der Waals surface area contributed by atoms with Gasteiger partial charge in [0.1, 0.15) is 5.75 Å². The number of aliphatic hydroxyl groups excluding tert-OH is 1. The first-order chi connectivity index (χ1) is 7.78. The van der Waals surface area contributed by atoms with Gasteiger partial charge in [-0.25, -0.2) is 0 Å². The van der Waals surface area contributed by atoms with E-state index in [4.69, 9.17) is 0 Å². The van der Waals surface area contributed by atoms with Crippen molar-refractivity contribution in [2.24, 2.45) is 0 Å². The van der Waals surface area contributed by atoms with E-state index in [-0.39, 0.29) is 11.8 Å². The van der Waals surface area contributed by atoms with Gasteiger partial charge in [-0.15, -0.1) is 13.2 Å². The molecule has 0 bridgehead atoms. The Bertz CT molecular complexity index is 366. The Morgan fingerprint density at radius 1 is 1.29 bits per heavy atom. The molecule has 0 fully saturated rings. The lowest BCUT2D eigenvalue weighted by Gasteiger charge is -2.18. The molecule has 0 aromatic heterocycles. The molecule has 0 amide bonds. The Kier molecular flexibility index (Phi) is 4.22. The second kappa shape index (κ2) is 5.27. The first-order valence-corrected chi connectivity index (χ1v) is 5.08. The summed E-state index contributed by atoms with van der Waals surface area (Å²) in [6.07, 6.45) is -5.31. The standard InChI is InChI=1S/C11H14F3NO2/c1-7(8(2)16)15-9-4-3-5-10(6-9)17-11(12,13)14/h3-8,15-16H,1-2H3. The predicted octanol–water partition coefficient (Wildman–Crippen LogP) is 2.77. The number of halogens is 3. The normalized spacial score (nSPS) is 15.2. The molecule has 0 saturated heterocycles. The van der Waals surface area contributed by atoms with Crippen LogP contribution >= 0.6 is 0 Å². The highest BCUT2D eigenvalue weighted by atomic mass is 19.4. The molecule has 3 nitrogen and oxygen atoms in total. The minimum absolute atomic E-state index is 0.267. The van der Waals surface area contributed by atoms with E-state index in [1.807, 2.05) is 0 Å². The van der Waals surface area contributed by atoms with Crippen LogP contribution in [0.4, 0.5) is 18.9 Å². The van der Waals surface area contributed by atoms with E-state index in [1.165, 1.54) is 18.2 Å². The lowest BCUT2D eigenvalue weighted by Crippen LogP contribution is -2.27. The second-order valence-electron chi connectivity index (χ2n) is 3.75. The van der Waals surface area contributed by atoms with Crippen LogP contribution in [-0.4, -0.2) is 23.6 Å². The van der Waals surface area contributed by atoms with Crippen molar-refractivity contribution in [2.75, 3.05) is 5.32 Å². The first kappa shape index (κ1) is 13.6. The van der Waals surface area contributed by atoms with Crippen LogP contribution in [0.2, 0.25) is 0 Å². The lowest BCUT2D eigenvalue weighted by atomic mass is 10.2. The fourth-order valence-electron chi connectivity index (χ4n) is 1.17. The number of anilines is 1. The molecule has 1 aromatic carbocycles. The summed E-state index contributed by atoms with van der Waals surface area (Å²) in [5, 5.41) is 12.1. The molecule has 1 rings (SSSR count). The summed E-state index contributed by atoms with van der Waals surface area (Å²) < 4.78 is 39.7. The molecule has 2 atom stereocenters. The number of nitrogens with one attached hydrogen (secondary N) is 1. The number of benzene rings is 1. The second-order valence-corrected chi connectivity index (χ2v) is 3.75. The Morgan fingerprint density at radius 3 is 2.47 bits per heavy atom. The van der Waals surface area contributed by atoms with Gasteiger partial charge >= 0.3 is 6.36 Å². The Hall–Kier alpha value is -1.43. The maximum Gasteiger partial charge on any atom is 0.573 e. The molecule has 96 valence electrons. The van der Waals surface area contributed by atoms with Gasteiger partial charge in [0.15, 0.2) is 0 Å². The fraction of sp³-hybridized carbons (Fsp3) is 0.455. The fourth-order valence-corrected chi connectivity index (χ4v) is 1.17. The first-order valence-electron chi connectivity index (χ1n) is 5.08. The van der Waals surface area contributed by atoms with Crippen LogP contribution in [0.1, 0.15) is 13.8 Å². The van der Waals surface area contributed by atoms with Crippen molar-refractivity contribution in [1.29, 1.82) is 0 Å². The van der Waals surface area contributed by atoms with Crippen LogP contribution in [0.5, 0.6) is 5.75 Å². The maximum absolute atomic E-state index is 12.0. The molecule has 17 heavy (non-hydrogen) atoms. The van der Waals surface area contributed by atoms with Gasteiger partial charge in [0, 0.05) is 17.8 Å². The zero-order valence-corrected chi connectivity index (χ0v) is 9.45. The van der Waals surface area contributed by atoms with Gasteiger partial charge < -0.3 is 15.2 Å². The number of aliphatic hydroxyl groups is 1. The van der Waals surface area contributed by atoms with Crippen molar-refractivity contribution in [1.82, 2.24) is 0 Å². The summed E-state index contributed by atoms with van der Waals surface area (Å²) >= 11 is 0. The zero-order chi connectivity index (χ0) is 13.1. The van der Waals surface area contributed by atoms with Crippen molar-refractivity contribution in [2.45, 2.75) is 32.4 Å². The summed E-state index contributed by atoms with van der Waals surface area (Å²) in [4.78, 5) is 0. The van der Waals surface area contributed by atoms with Crippen molar-refractivity contribution in [3.63, 3.8) is 0 Å². The van der Waals surface area contributed by atoms with E-state index >= 15 is 0 Å². The van der Waals surface area contributed by atoms with Crippen LogP contribution in [0.15, 0.2) is 24.3 Å². The minimum atomic E-state index is -4.70. The number of hydrogen-bond acceptors (Lipinski definition) is 3. The average Bonchev–Trinajstić information content (AvgIpc) is 2.15. The van der Waals surface area contributed by atoms with Crippen LogP contribution < -0.4 is 10.1 Å². The van der Waals surface area contributed by atoms with E-state index in [0.717, 1.165) is 0 Å². The molecule has 0 heterocycles. The third kappa shape index (κ3) is 4.95. The third-order valence-corrected chi connectivity index (χ3v) is 2.19. The number of alkyl halides is 3. The predicted molar refractivity (Wildman–Crippen MR) is 57.9 cm³/mol. The van der Waals surface area contributed by atoms with Gasteiger partial charge in [0.05, 0.1) is 6.10 Å². The molecule has 0 aliphatic rings. The minimum Gasteiger partial charge on any atom is -0.406 e. The summed E-state index contributed by atoms with van der Waals surface area (Å²) in [7, 11) is 0. The quantitative estimate of drug-likeness (QED) is 0.862. The molecule has 1 aromatic rings. The average molecular weight is 249 g/mol. The highest BCUT2D eigenvalue weighted by Crippen LogP contribution is 2.25. The smallest absolute Gasteiger partial charge is 0.406 e. The van der Waals surface area contributed by atoms with Crippen LogP contribution in [-0.2, 0) is 0 Å². The third-order valence-electron chi connectivity index (χ3n) is 2.19. The molecular formula is C11H14F3NO2. The van der Waals surface area contributed by atoms with Gasteiger partial charge in [-0.2, -0.15) is 0 Å². The van der Waals surface area contributed by atoms with Gasteiger partial charge in [-0.1, -0.05) is 6.07 Å². The van der Waals surface area contributed by atoms with Gasteiger partial charge in [-0.3, -0.25) is 0 Å². The topological polar surface area (TPSA) is 41.5 Å². The number of rotatable bonds is 4. The van der Waals surface area contributed by atoms with Crippen molar-refractivity contribution < 1.29 is 23.0 Å². The van der Waals surface area contributed by atoms with E-state index in [9.17, 15) is 18.3 Å². The van der Waals surface area contributed by atoms with E-state index in [1.54, 1.807) is 19.9 Å². The van der Waals surface area contributed by atoms with E-state index in [0.29, 0.717) is 5.69 Å². The van der Waals surface area contributed by atoms with Crippen molar-refractivity contribution in [3.8, 4) is 5.75 Å². The van der Waals surface area contributed by atoms with Gasteiger partial charge in [0.2, 0.25) is 0 Å². The zero-order valence-electron chi connectivity index (χ0n) is 9.45. The maximum atomic E-state index is 12.0. The Labute approximate surface area is 97.2 Å².